The number of likely N-dealkylation sites (tertiary alicyclic amines) is 1. The van der Waals surface area contributed by atoms with Crippen LogP contribution < -0.4 is 10.2 Å². The summed E-state index contributed by atoms with van der Waals surface area (Å²) in [5.74, 6) is 2.34. The van der Waals surface area contributed by atoms with E-state index in [0.717, 1.165) is 42.8 Å². The molecule has 5 rings (SSSR count). The van der Waals surface area contributed by atoms with Crippen LogP contribution in [0, 0.1) is 11.8 Å². The van der Waals surface area contributed by atoms with Gasteiger partial charge in [-0.25, -0.2) is 19.7 Å². The summed E-state index contributed by atoms with van der Waals surface area (Å²) in [6.07, 6.45) is 7.19. The van der Waals surface area contributed by atoms with Crippen LogP contribution in [0.3, 0.4) is 0 Å². The number of rotatable bonds is 3. The minimum atomic E-state index is -0.115. The summed E-state index contributed by atoms with van der Waals surface area (Å²) >= 11 is 0. The van der Waals surface area contributed by atoms with E-state index in [1.807, 2.05) is 17.2 Å². The van der Waals surface area contributed by atoms with E-state index in [2.05, 4.69) is 42.3 Å². The Morgan fingerprint density at radius 2 is 2.04 bits per heavy atom. The quantitative estimate of drug-likeness (QED) is 0.711. The van der Waals surface area contributed by atoms with E-state index in [9.17, 15) is 4.79 Å². The predicted molar refractivity (Wildman–Crippen MR) is 104 cm³/mol. The Labute approximate surface area is 162 Å². The molecule has 1 aliphatic carbocycles. The number of fused-ring (bicyclic) bond motifs is 2. The maximum atomic E-state index is 12.5. The minimum absolute atomic E-state index is 0.115. The molecular formula is C18H23N9O. The van der Waals surface area contributed by atoms with Gasteiger partial charge in [-0.05, 0) is 30.7 Å². The second-order valence-electron chi connectivity index (χ2n) is 7.77. The highest BCUT2D eigenvalue weighted by atomic mass is 16.2. The van der Waals surface area contributed by atoms with Crippen molar-refractivity contribution in [3.63, 3.8) is 0 Å². The highest BCUT2D eigenvalue weighted by Crippen LogP contribution is 2.41. The summed E-state index contributed by atoms with van der Waals surface area (Å²) < 4.78 is 1.57. The number of carbonyl (C=O) groups excluding carboxylic acids is 1. The lowest BCUT2D eigenvalue weighted by Crippen LogP contribution is -2.36. The van der Waals surface area contributed by atoms with Crippen LogP contribution in [0.1, 0.15) is 12.8 Å². The predicted octanol–water partition coefficient (Wildman–Crippen LogP) is 1.47. The molecule has 1 saturated carbocycles. The number of carbonyl (C=O) groups is 1. The number of anilines is 2. The normalized spacial score (nSPS) is 23.9. The Bertz CT molecular complexity index is 997. The topological polar surface area (TPSA) is 108 Å². The van der Waals surface area contributed by atoms with E-state index >= 15 is 0 Å². The summed E-state index contributed by atoms with van der Waals surface area (Å²) in [4.78, 5) is 32.7. The molecule has 10 heteroatoms. The van der Waals surface area contributed by atoms with E-state index in [1.165, 1.54) is 0 Å². The summed E-state index contributed by atoms with van der Waals surface area (Å²) in [7, 11) is 3.89. The molecule has 3 atom stereocenters. The van der Waals surface area contributed by atoms with Crippen LogP contribution in [0.15, 0.2) is 24.9 Å². The van der Waals surface area contributed by atoms with Gasteiger partial charge in [-0.1, -0.05) is 0 Å². The maximum absolute atomic E-state index is 12.5. The van der Waals surface area contributed by atoms with Gasteiger partial charge in [0, 0.05) is 39.4 Å². The molecule has 146 valence electrons. The Hall–Kier alpha value is -3.17. The van der Waals surface area contributed by atoms with Crippen LogP contribution in [-0.4, -0.2) is 66.8 Å². The first-order chi connectivity index (χ1) is 13.6. The molecular weight excluding hydrogens is 358 g/mol. The molecule has 28 heavy (non-hydrogen) atoms. The smallest absolute Gasteiger partial charge is 0.324 e. The van der Waals surface area contributed by atoms with Gasteiger partial charge in [0.05, 0.1) is 5.39 Å². The lowest BCUT2D eigenvalue weighted by Gasteiger charge is -2.27. The molecule has 2 fully saturated rings. The number of hydrogen-bond acceptors (Lipinski definition) is 6. The van der Waals surface area contributed by atoms with Crippen molar-refractivity contribution >= 4 is 28.8 Å². The zero-order chi connectivity index (χ0) is 19.3. The van der Waals surface area contributed by atoms with E-state index in [1.54, 1.807) is 24.4 Å². The second kappa shape index (κ2) is 6.47. The monoisotopic (exact) mass is 381 g/mol. The fourth-order valence-corrected chi connectivity index (χ4v) is 4.63. The highest BCUT2D eigenvalue weighted by molar-refractivity contribution is 5.88. The van der Waals surface area contributed by atoms with Crippen molar-refractivity contribution < 1.29 is 4.79 Å². The van der Waals surface area contributed by atoms with Crippen molar-refractivity contribution in [1.82, 2.24) is 34.6 Å². The van der Waals surface area contributed by atoms with Crippen LogP contribution in [0.25, 0.3) is 11.0 Å². The van der Waals surface area contributed by atoms with Crippen LogP contribution in [-0.2, 0) is 7.05 Å². The largest absolute Gasteiger partial charge is 0.356 e. The summed E-state index contributed by atoms with van der Waals surface area (Å²) in [6.45, 7) is 1.55. The number of amides is 2. The van der Waals surface area contributed by atoms with Crippen LogP contribution in [0.2, 0.25) is 0 Å². The third kappa shape index (κ3) is 2.85. The molecule has 3 aromatic rings. The molecule has 2 amide bonds. The molecule has 1 unspecified atom stereocenters. The Kier molecular flexibility index (Phi) is 3.92. The Balaban J connectivity index is 1.23. The van der Waals surface area contributed by atoms with Gasteiger partial charge in [0.2, 0.25) is 5.95 Å². The van der Waals surface area contributed by atoms with E-state index in [0.29, 0.717) is 23.8 Å². The number of H-pyrrole nitrogens is 1. The fourth-order valence-electron chi connectivity index (χ4n) is 4.63. The molecule has 10 nitrogen and oxygen atoms in total. The van der Waals surface area contributed by atoms with E-state index in [4.69, 9.17) is 0 Å². The number of nitrogens with one attached hydrogen (secondary N) is 2. The van der Waals surface area contributed by atoms with Gasteiger partial charge in [-0.15, -0.1) is 5.10 Å². The first kappa shape index (κ1) is 17.0. The molecule has 0 radical (unpaired) electrons. The minimum Gasteiger partial charge on any atom is -0.356 e. The fraction of sp³-hybridized carbons (Fsp3) is 0.500. The van der Waals surface area contributed by atoms with Gasteiger partial charge in [0.25, 0.3) is 0 Å². The molecule has 1 saturated heterocycles. The molecule has 0 spiro atoms. The third-order valence-corrected chi connectivity index (χ3v) is 6.05. The number of hydrogen-bond donors (Lipinski definition) is 2. The first-order valence-electron chi connectivity index (χ1n) is 9.51. The zero-order valence-electron chi connectivity index (χ0n) is 15.9. The van der Waals surface area contributed by atoms with E-state index < -0.39 is 0 Å². The van der Waals surface area contributed by atoms with Crippen LogP contribution in [0.4, 0.5) is 16.6 Å². The standard InChI is InChI=1S/C18H23N9O/c1-25-10-22-17(24-25)23-18(28)27-7-11-5-13(6-12(11)8-27)26(2)16-14-3-4-19-15(14)20-9-21-16/h3-4,9-13H,5-8H2,1-2H3,(H,19,20,21)(H,23,24,28)/t11-,12+,13?. The highest BCUT2D eigenvalue weighted by Gasteiger charge is 2.44. The van der Waals surface area contributed by atoms with Crippen molar-refractivity contribution in [1.29, 1.82) is 0 Å². The Morgan fingerprint density at radius 3 is 2.75 bits per heavy atom. The molecule has 3 aromatic heterocycles. The summed E-state index contributed by atoms with van der Waals surface area (Å²) in [6, 6.07) is 2.33. The van der Waals surface area contributed by atoms with Gasteiger partial charge >= 0.3 is 6.03 Å². The summed E-state index contributed by atoms with van der Waals surface area (Å²) in [5.41, 5.74) is 0.862. The van der Waals surface area contributed by atoms with Crippen LogP contribution >= 0.6 is 0 Å². The van der Waals surface area contributed by atoms with Crippen molar-refractivity contribution in [3.05, 3.63) is 24.9 Å². The lowest BCUT2D eigenvalue weighted by atomic mass is 10.0. The average molecular weight is 381 g/mol. The van der Waals surface area contributed by atoms with Crippen molar-refractivity contribution in [2.24, 2.45) is 18.9 Å². The third-order valence-electron chi connectivity index (χ3n) is 6.05. The molecule has 4 heterocycles. The number of aromatic amines is 1. The van der Waals surface area contributed by atoms with E-state index in [-0.39, 0.29) is 6.03 Å². The molecule has 0 bridgehead atoms. The lowest BCUT2D eigenvalue weighted by molar-refractivity contribution is 0.218. The maximum Gasteiger partial charge on any atom is 0.324 e. The van der Waals surface area contributed by atoms with Gasteiger partial charge in [-0.2, -0.15) is 0 Å². The van der Waals surface area contributed by atoms with Crippen LogP contribution in [0.5, 0.6) is 0 Å². The first-order valence-corrected chi connectivity index (χ1v) is 9.51. The molecule has 0 aromatic carbocycles. The molecule has 1 aliphatic heterocycles. The number of aryl methyl sites for hydroxylation is 1. The number of nitrogens with zero attached hydrogens (tertiary/aromatic N) is 7. The molecule has 2 aliphatic rings. The van der Waals surface area contributed by atoms with Gasteiger partial charge < -0.3 is 14.8 Å². The van der Waals surface area contributed by atoms with Gasteiger partial charge in [0.15, 0.2) is 0 Å². The summed E-state index contributed by atoms with van der Waals surface area (Å²) in [5, 5.41) is 7.94. The van der Waals surface area contributed by atoms with Gasteiger partial charge in [-0.3, -0.25) is 10.00 Å². The SMILES string of the molecule is CN(c1ncnc2[nH]ccc12)C1C[C@@H]2CN(C(=O)Nc3ncn(C)n3)C[C@@H]2C1. The van der Waals surface area contributed by atoms with Crippen molar-refractivity contribution in [3.8, 4) is 0 Å². The second-order valence-corrected chi connectivity index (χ2v) is 7.77. The molecule has 2 N–H and O–H groups in total. The average Bonchev–Trinajstić information content (AvgIpc) is 3.43. The van der Waals surface area contributed by atoms with Crippen molar-refractivity contribution in [2.75, 3.05) is 30.4 Å². The van der Waals surface area contributed by atoms with Crippen molar-refractivity contribution in [2.45, 2.75) is 18.9 Å². The Morgan fingerprint density at radius 1 is 1.25 bits per heavy atom. The van der Waals surface area contributed by atoms with Gasteiger partial charge in [0.1, 0.15) is 24.1 Å². The zero-order valence-corrected chi connectivity index (χ0v) is 15.9. The number of aromatic nitrogens is 6. The number of urea groups is 1.